The number of carbonyl (C=O) groups is 1. The van der Waals surface area contributed by atoms with Crippen molar-refractivity contribution in [2.75, 3.05) is 27.2 Å². The van der Waals surface area contributed by atoms with Crippen LogP contribution in [0, 0.1) is 0 Å². The Labute approximate surface area is 72.6 Å². The third kappa shape index (κ3) is 2.19. The van der Waals surface area contributed by atoms with Gasteiger partial charge in [-0.2, -0.15) is 0 Å². The quantitative estimate of drug-likeness (QED) is 0.573. The van der Waals surface area contributed by atoms with Crippen molar-refractivity contribution in [3.8, 4) is 0 Å². The number of rotatable bonds is 2. The zero-order valence-electron chi connectivity index (χ0n) is 7.63. The highest BCUT2D eigenvalue weighted by Crippen LogP contribution is 2.18. The molecule has 1 heterocycles. The zero-order valence-corrected chi connectivity index (χ0v) is 7.63. The average molecular weight is 172 g/mol. The predicted octanol–water partition coefficient (Wildman–Crippen LogP) is -0.811. The third-order valence-electron chi connectivity index (χ3n) is 2.20. The molecule has 1 fully saturated rings. The van der Waals surface area contributed by atoms with Gasteiger partial charge in [0.05, 0.1) is 12.0 Å². The van der Waals surface area contributed by atoms with Crippen molar-refractivity contribution in [3.05, 3.63) is 0 Å². The van der Waals surface area contributed by atoms with Gasteiger partial charge in [-0.05, 0) is 13.0 Å². The molecule has 1 atom stereocenters. The molecule has 0 saturated carbocycles. The highest BCUT2D eigenvalue weighted by atomic mass is 16.3. The molecule has 0 spiro atoms. The summed E-state index contributed by atoms with van der Waals surface area (Å²) in [6.07, 6.45) is 0.902. The number of nitrogens with zero attached hydrogens (tertiary/aromatic N) is 1. The fourth-order valence-electron chi connectivity index (χ4n) is 1.32. The molecule has 1 aliphatic rings. The molecule has 4 nitrogen and oxygen atoms in total. The van der Waals surface area contributed by atoms with Crippen molar-refractivity contribution < 1.29 is 9.90 Å². The minimum absolute atomic E-state index is 0.0128. The number of aliphatic hydroxyl groups is 1. The first-order valence-corrected chi connectivity index (χ1v) is 4.17. The number of hydrogen-bond acceptors (Lipinski definition) is 3. The van der Waals surface area contributed by atoms with E-state index < -0.39 is 5.60 Å². The Balaban J connectivity index is 2.44. The van der Waals surface area contributed by atoms with Gasteiger partial charge in [0.15, 0.2) is 0 Å². The summed E-state index contributed by atoms with van der Waals surface area (Å²) in [4.78, 5) is 12.8. The van der Waals surface area contributed by atoms with Crippen LogP contribution in [-0.2, 0) is 4.79 Å². The highest BCUT2D eigenvalue weighted by Gasteiger charge is 2.33. The first kappa shape index (κ1) is 9.48. The molecule has 1 rings (SSSR count). The van der Waals surface area contributed by atoms with Crippen LogP contribution >= 0.6 is 0 Å². The second kappa shape index (κ2) is 3.41. The minimum Gasteiger partial charge on any atom is -0.388 e. The van der Waals surface area contributed by atoms with Crippen LogP contribution in [0.5, 0.6) is 0 Å². The van der Waals surface area contributed by atoms with E-state index in [4.69, 9.17) is 0 Å². The summed E-state index contributed by atoms with van der Waals surface area (Å²) in [6, 6.07) is 0. The molecule has 0 aromatic heterocycles. The Bertz CT molecular complexity index is 174. The van der Waals surface area contributed by atoms with Crippen molar-refractivity contribution >= 4 is 5.91 Å². The minimum atomic E-state index is -0.804. The predicted molar refractivity (Wildman–Crippen MR) is 45.7 cm³/mol. The Morgan fingerprint density at radius 3 is 2.75 bits per heavy atom. The molecule has 0 bridgehead atoms. The van der Waals surface area contributed by atoms with E-state index in [9.17, 15) is 9.90 Å². The molecule has 70 valence electrons. The molecule has 0 radical (unpaired) electrons. The van der Waals surface area contributed by atoms with Gasteiger partial charge in [-0.3, -0.25) is 4.79 Å². The standard InChI is InChI=1S/C8H16N2O2/c1-10(2)7(11)5-8(12)3-4-9-6-8/h9,12H,3-6H2,1-2H3. The van der Waals surface area contributed by atoms with E-state index in [0.29, 0.717) is 13.0 Å². The van der Waals surface area contributed by atoms with Gasteiger partial charge in [-0.15, -0.1) is 0 Å². The highest BCUT2D eigenvalue weighted by molar-refractivity contribution is 5.76. The molecule has 1 saturated heterocycles. The van der Waals surface area contributed by atoms with E-state index in [1.165, 1.54) is 4.90 Å². The lowest BCUT2D eigenvalue weighted by atomic mass is 9.98. The Hall–Kier alpha value is -0.610. The van der Waals surface area contributed by atoms with Crippen molar-refractivity contribution in [2.24, 2.45) is 0 Å². The Kier molecular flexibility index (Phi) is 2.69. The lowest BCUT2D eigenvalue weighted by molar-refractivity contribution is -0.133. The van der Waals surface area contributed by atoms with Crippen LogP contribution in [0.3, 0.4) is 0 Å². The maximum Gasteiger partial charge on any atom is 0.224 e. The van der Waals surface area contributed by atoms with Crippen LogP contribution in [-0.4, -0.2) is 48.7 Å². The van der Waals surface area contributed by atoms with Gasteiger partial charge in [-0.1, -0.05) is 0 Å². The molecule has 4 heteroatoms. The fraction of sp³-hybridized carbons (Fsp3) is 0.875. The first-order valence-electron chi connectivity index (χ1n) is 4.17. The second-order valence-corrected chi connectivity index (χ2v) is 3.62. The molecule has 0 aromatic carbocycles. The maximum absolute atomic E-state index is 11.2. The summed E-state index contributed by atoms with van der Waals surface area (Å²) in [6.45, 7) is 1.34. The van der Waals surface area contributed by atoms with E-state index in [-0.39, 0.29) is 12.3 Å². The van der Waals surface area contributed by atoms with E-state index in [1.807, 2.05) is 0 Å². The lowest BCUT2D eigenvalue weighted by Crippen LogP contribution is -2.38. The Morgan fingerprint density at radius 2 is 2.33 bits per heavy atom. The van der Waals surface area contributed by atoms with Crippen molar-refractivity contribution in [3.63, 3.8) is 0 Å². The van der Waals surface area contributed by atoms with Crippen LogP contribution in [0.4, 0.5) is 0 Å². The fourth-order valence-corrected chi connectivity index (χ4v) is 1.32. The largest absolute Gasteiger partial charge is 0.388 e. The summed E-state index contributed by atoms with van der Waals surface area (Å²) in [7, 11) is 3.40. The van der Waals surface area contributed by atoms with Crippen LogP contribution in [0.2, 0.25) is 0 Å². The van der Waals surface area contributed by atoms with Crippen LogP contribution < -0.4 is 5.32 Å². The van der Waals surface area contributed by atoms with Gasteiger partial charge in [0.25, 0.3) is 0 Å². The molecule has 12 heavy (non-hydrogen) atoms. The van der Waals surface area contributed by atoms with Crippen molar-refractivity contribution in [1.29, 1.82) is 0 Å². The first-order chi connectivity index (χ1) is 5.53. The molecule has 0 aromatic rings. The van der Waals surface area contributed by atoms with Gasteiger partial charge in [0.2, 0.25) is 5.91 Å². The second-order valence-electron chi connectivity index (χ2n) is 3.62. The number of amides is 1. The summed E-state index contributed by atoms with van der Waals surface area (Å²) < 4.78 is 0. The summed E-state index contributed by atoms with van der Waals surface area (Å²) in [5.41, 5.74) is -0.804. The normalized spacial score (nSPS) is 28.9. The monoisotopic (exact) mass is 172 g/mol. The smallest absolute Gasteiger partial charge is 0.224 e. The van der Waals surface area contributed by atoms with Gasteiger partial charge in [0, 0.05) is 20.6 Å². The van der Waals surface area contributed by atoms with Crippen LogP contribution in [0.1, 0.15) is 12.8 Å². The van der Waals surface area contributed by atoms with E-state index in [0.717, 1.165) is 6.54 Å². The molecular weight excluding hydrogens is 156 g/mol. The molecule has 1 aliphatic heterocycles. The molecule has 1 amide bonds. The SMILES string of the molecule is CN(C)C(=O)CC1(O)CCNC1. The summed E-state index contributed by atoms with van der Waals surface area (Å²) >= 11 is 0. The average Bonchev–Trinajstić information content (AvgIpc) is 2.35. The van der Waals surface area contributed by atoms with E-state index in [1.54, 1.807) is 14.1 Å². The zero-order chi connectivity index (χ0) is 9.19. The lowest BCUT2D eigenvalue weighted by Gasteiger charge is -2.22. The Morgan fingerprint density at radius 1 is 1.67 bits per heavy atom. The van der Waals surface area contributed by atoms with Crippen molar-refractivity contribution in [2.45, 2.75) is 18.4 Å². The third-order valence-corrected chi connectivity index (χ3v) is 2.20. The van der Waals surface area contributed by atoms with Gasteiger partial charge in [-0.25, -0.2) is 0 Å². The van der Waals surface area contributed by atoms with Crippen molar-refractivity contribution in [1.82, 2.24) is 10.2 Å². The van der Waals surface area contributed by atoms with E-state index in [2.05, 4.69) is 5.32 Å². The molecule has 0 aliphatic carbocycles. The number of nitrogens with one attached hydrogen (secondary N) is 1. The van der Waals surface area contributed by atoms with Crippen LogP contribution in [0.15, 0.2) is 0 Å². The number of β-amino-alcohol motifs (C(OH)–C–C–N with tert-alkyl or cyclic N) is 1. The number of hydrogen-bond donors (Lipinski definition) is 2. The molecule has 1 unspecified atom stereocenters. The molecule has 2 N–H and O–H groups in total. The van der Waals surface area contributed by atoms with Gasteiger partial charge >= 0.3 is 0 Å². The van der Waals surface area contributed by atoms with Crippen LogP contribution in [0.25, 0.3) is 0 Å². The number of carbonyl (C=O) groups excluding carboxylic acids is 1. The van der Waals surface area contributed by atoms with Gasteiger partial charge < -0.3 is 15.3 Å². The maximum atomic E-state index is 11.2. The molecular formula is C8H16N2O2. The summed E-state index contributed by atoms with van der Waals surface area (Å²) in [5, 5.41) is 12.8. The summed E-state index contributed by atoms with van der Waals surface area (Å²) in [5.74, 6) is -0.0128. The van der Waals surface area contributed by atoms with E-state index >= 15 is 0 Å². The topological polar surface area (TPSA) is 52.6 Å². The van der Waals surface area contributed by atoms with Gasteiger partial charge in [0.1, 0.15) is 0 Å².